The van der Waals surface area contributed by atoms with Gasteiger partial charge < -0.3 is 4.74 Å². The van der Waals surface area contributed by atoms with Gasteiger partial charge >= 0.3 is 5.97 Å². The zero-order valence-electron chi connectivity index (χ0n) is 10.5. The molecule has 0 amide bonds. The van der Waals surface area contributed by atoms with Crippen LogP contribution in [0.3, 0.4) is 0 Å². The molecule has 0 aliphatic heterocycles. The quantitative estimate of drug-likeness (QED) is 0.727. The van der Waals surface area contributed by atoms with E-state index in [9.17, 15) is 4.79 Å². The molecule has 0 N–H and O–H groups in total. The van der Waals surface area contributed by atoms with Crippen molar-refractivity contribution in [3.8, 4) is 0 Å². The third kappa shape index (κ3) is 2.63. The Morgan fingerprint density at radius 3 is 2.31 bits per heavy atom. The van der Waals surface area contributed by atoms with E-state index in [4.69, 9.17) is 4.74 Å². The van der Waals surface area contributed by atoms with Gasteiger partial charge in [0, 0.05) is 0 Å². The number of benzene rings is 1. The second kappa shape index (κ2) is 5.15. The van der Waals surface area contributed by atoms with E-state index in [0.717, 1.165) is 12.0 Å². The summed E-state index contributed by atoms with van der Waals surface area (Å²) in [5, 5.41) is 0. The van der Waals surface area contributed by atoms with Crippen LogP contribution in [0.2, 0.25) is 0 Å². The number of methoxy groups -OCH3 is 1. The Labute approximate surface area is 97.6 Å². The summed E-state index contributed by atoms with van der Waals surface area (Å²) in [7, 11) is 1.45. The van der Waals surface area contributed by atoms with Gasteiger partial charge in [-0.2, -0.15) is 0 Å². The van der Waals surface area contributed by atoms with Crippen molar-refractivity contribution in [2.45, 2.75) is 33.1 Å². The van der Waals surface area contributed by atoms with Gasteiger partial charge in [-0.1, -0.05) is 51.1 Å². The minimum atomic E-state index is -0.191. The lowest BCUT2D eigenvalue weighted by atomic mass is 9.73. The third-order valence-electron chi connectivity index (χ3n) is 3.26. The molecule has 0 saturated carbocycles. The van der Waals surface area contributed by atoms with Crippen LogP contribution in [-0.2, 0) is 9.53 Å². The molecular formula is C14H20O2. The Balaban J connectivity index is 3.12. The molecule has 0 aromatic heterocycles. The van der Waals surface area contributed by atoms with Gasteiger partial charge in [-0.3, -0.25) is 4.79 Å². The molecule has 1 atom stereocenters. The lowest BCUT2D eigenvalue weighted by Crippen LogP contribution is -2.29. The molecule has 16 heavy (non-hydrogen) atoms. The lowest BCUT2D eigenvalue weighted by Gasteiger charge is -2.31. The fourth-order valence-electron chi connectivity index (χ4n) is 1.87. The van der Waals surface area contributed by atoms with Crippen molar-refractivity contribution in [3.05, 3.63) is 35.9 Å². The summed E-state index contributed by atoms with van der Waals surface area (Å²) in [5.41, 5.74) is 0.940. The smallest absolute Gasteiger partial charge is 0.313 e. The van der Waals surface area contributed by atoms with Gasteiger partial charge in [0.15, 0.2) is 0 Å². The molecule has 2 heteroatoms. The van der Waals surface area contributed by atoms with Crippen LogP contribution in [0, 0.1) is 5.41 Å². The summed E-state index contributed by atoms with van der Waals surface area (Å²) >= 11 is 0. The first-order chi connectivity index (χ1) is 7.53. The van der Waals surface area contributed by atoms with Gasteiger partial charge in [0.1, 0.15) is 0 Å². The molecule has 0 aliphatic carbocycles. The minimum Gasteiger partial charge on any atom is -0.469 e. The van der Waals surface area contributed by atoms with E-state index >= 15 is 0 Å². The van der Waals surface area contributed by atoms with E-state index in [1.807, 2.05) is 30.3 Å². The number of hydrogen-bond acceptors (Lipinski definition) is 2. The van der Waals surface area contributed by atoms with Crippen molar-refractivity contribution in [2.75, 3.05) is 7.11 Å². The molecule has 0 fully saturated rings. The SMILES string of the molecule is CCC(C)(C)[C@@H](C(=O)OC)c1ccccc1. The molecule has 0 aliphatic rings. The van der Waals surface area contributed by atoms with E-state index in [1.165, 1.54) is 7.11 Å². The molecule has 0 heterocycles. The number of ether oxygens (including phenoxy) is 1. The summed E-state index contributed by atoms with van der Waals surface area (Å²) in [6.45, 7) is 6.29. The highest BCUT2D eigenvalue weighted by atomic mass is 16.5. The van der Waals surface area contributed by atoms with Crippen molar-refractivity contribution in [3.63, 3.8) is 0 Å². The van der Waals surface area contributed by atoms with Gasteiger partial charge in [0.05, 0.1) is 13.0 Å². The molecule has 0 spiro atoms. The molecule has 1 rings (SSSR count). The molecule has 0 radical (unpaired) electrons. The highest BCUT2D eigenvalue weighted by Gasteiger charge is 2.35. The predicted octanol–water partition coefficient (Wildman–Crippen LogP) is 3.38. The zero-order chi connectivity index (χ0) is 12.2. The van der Waals surface area contributed by atoms with E-state index in [0.29, 0.717) is 0 Å². The van der Waals surface area contributed by atoms with Crippen LogP contribution in [0.1, 0.15) is 38.7 Å². The average Bonchev–Trinajstić information content (AvgIpc) is 2.30. The van der Waals surface area contributed by atoms with Crippen molar-refractivity contribution < 1.29 is 9.53 Å². The molecule has 0 unspecified atom stereocenters. The maximum Gasteiger partial charge on any atom is 0.313 e. The second-order valence-corrected chi connectivity index (χ2v) is 4.71. The fourth-order valence-corrected chi connectivity index (χ4v) is 1.87. The average molecular weight is 220 g/mol. The van der Waals surface area contributed by atoms with Crippen LogP contribution < -0.4 is 0 Å². The number of carbonyl (C=O) groups excluding carboxylic acids is 1. The maximum atomic E-state index is 11.9. The lowest BCUT2D eigenvalue weighted by molar-refractivity contribution is -0.145. The number of hydrogen-bond donors (Lipinski definition) is 0. The van der Waals surface area contributed by atoms with E-state index < -0.39 is 0 Å². The number of rotatable bonds is 4. The Hall–Kier alpha value is -1.31. The van der Waals surface area contributed by atoms with Crippen molar-refractivity contribution in [1.82, 2.24) is 0 Å². The van der Waals surface area contributed by atoms with Gasteiger partial charge in [0.2, 0.25) is 0 Å². The molecule has 0 bridgehead atoms. The van der Waals surface area contributed by atoms with E-state index in [1.54, 1.807) is 0 Å². The minimum absolute atomic E-state index is 0.0888. The first kappa shape index (κ1) is 12.8. The van der Waals surface area contributed by atoms with Crippen LogP contribution in [-0.4, -0.2) is 13.1 Å². The van der Waals surface area contributed by atoms with Crippen LogP contribution in [0.4, 0.5) is 0 Å². The van der Waals surface area contributed by atoms with Crippen LogP contribution >= 0.6 is 0 Å². The summed E-state index contributed by atoms with van der Waals surface area (Å²) in [6.07, 6.45) is 0.932. The molecular weight excluding hydrogens is 200 g/mol. The standard InChI is InChI=1S/C14H20O2/c1-5-14(2,3)12(13(15)16-4)11-9-7-6-8-10-11/h6-10,12H,5H2,1-4H3/t12-/m1/s1. The van der Waals surface area contributed by atoms with Gasteiger partial charge in [-0.25, -0.2) is 0 Å². The van der Waals surface area contributed by atoms with Crippen molar-refractivity contribution in [1.29, 1.82) is 0 Å². The van der Waals surface area contributed by atoms with Crippen LogP contribution in [0.25, 0.3) is 0 Å². The van der Waals surface area contributed by atoms with Crippen molar-refractivity contribution in [2.24, 2.45) is 5.41 Å². The second-order valence-electron chi connectivity index (χ2n) is 4.71. The van der Waals surface area contributed by atoms with Gasteiger partial charge in [-0.05, 0) is 17.4 Å². The topological polar surface area (TPSA) is 26.3 Å². The molecule has 2 nitrogen and oxygen atoms in total. The molecule has 0 saturated heterocycles. The molecule has 1 aromatic rings. The summed E-state index contributed by atoms with van der Waals surface area (Å²) in [4.78, 5) is 11.9. The largest absolute Gasteiger partial charge is 0.469 e. The third-order valence-corrected chi connectivity index (χ3v) is 3.26. The molecule has 88 valence electrons. The Morgan fingerprint density at radius 1 is 1.31 bits per heavy atom. The normalized spacial score (nSPS) is 13.2. The Morgan fingerprint density at radius 2 is 1.88 bits per heavy atom. The highest BCUT2D eigenvalue weighted by molar-refractivity contribution is 5.79. The Bertz CT molecular complexity index is 341. The fraction of sp³-hybridized carbons (Fsp3) is 0.500. The first-order valence-electron chi connectivity index (χ1n) is 5.65. The summed E-state index contributed by atoms with van der Waals surface area (Å²) in [6, 6.07) is 9.84. The van der Waals surface area contributed by atoms with Crippen molar-refractivity contribution >= 4 is 5.97 Å². The number of esters is 1. The van der Waals surface area contributed by atoms with Crippen LogP contribution in [0.15, 0.2) is 30.3 Å². The van der Waals surface area contributed by atoms with E-state index in [-0.39, 0.29) is 17.3 Å². The first-order valence-corrected chi connectivity index (χ1v) is 5.65. The maximum absolute atomic E-state index is 11.9. The van der Waals surface area contributed by atoms with Crippen LogP contribution in [0.5, 0.6) is 0 Å². The summed E-state index contributed by atoms with van der Waals surface area (Å²) in [5.74, 6) is -0.346. The van der Waals surface area contributed by atoms with Gasteiger partial charge in [-0.15, -0.1) is 0 Å². The number of carbonyl (C=O) groups is 1. The predicted molar refractivity (Wildman–Crippen MR) is 65.3 cm³/mol. The summed E-state index contributed by atoms with van der Waals surface area (Å²) < 4.78 is 4.92. The highest BCUT2D eigenvalue weighted by Crippen LogP contribution is 2.38. The monoisotopic (exact) mass is 220 g/mol. The van der Waals surface area contributed by atoms with Gasteiger partial charge in [0.25, 0.3) is 0 Å². The molecule has 1 aromatic carbocycles. The van der Waals surface area contributed by atoms with E-state index in [2.05, 4.69) is 20.8 Å². The Kier molecular flexibility index (Phi) is 4.11. The zero-order valence-corrected chi connectivity index (χ0v) is 10.5.